The summed E-state index contributed by atoms with van der Waals surface area (Å²) < 4.78 is 5.29. The quantitative estimate of drug-likeness (QED) is 0.581. The number of esters is 1. The molecule has 1 N–H and O–H groups in total. The third-order valence-corrected chi connectivity index (χ3v) is 6.96. The lowest BCUT2D eigenvalue weighted by Gasteiger charge is -2.36. The number of amides is 3. The molecule has 1 aliphatic carbocycles. The number of imide groups is 1. The summed E-state index contributed by atoms with van der Waals surface area (Å²) in [6.45, 7) is 3.63. The highest BCUT2D eigenvalue weighted by molar-refractivity contribution is 7.13. The molecule has 2 aliphatic rings. The molecule has 2 fully saturated rings. The number of benzene rings is 1. The first kappa shape index (κ1) is 20.5. The molecule has 2 atom stereocenters. The Morgan fingerprint density at radius 2 is 2.07 bits per heavy atom. The normalized spacial score (nSPS) is 23.7. The van der Waals surface area contributed by atoms with E-state index >= 15 is 0 Å². The molecule has 4 rings (SSSR count). The lowest BCUT2D eigenvalue weighted by molar-refractivity contribution is -0.149. The van der Waals surface area contributed by atoms with Gasteiger partial charge in [0.1, 0.15) is 23.7 Å². The molecule has 1 saturated heterocycles. The smallest absolute Gasteiger partial charge is 0.326 e. The van der Waals surface area contributed by atoms with Crippen LogP contribution in [0.4, 0.5) is 4.79 Å². The molecule has 1 aliphatic heterocycles. The first-order valence-electron chi connectivity index (χ1n) is 10.2. The molecule has 3 amide bonds. The fourth-order valence-corrected chi connectivity index (χ4v) is 4.98. The largest absolute Gasteiger partial charge is 0.458 e. The number of urea groups is 1. The first-order chi connectivity index (χ1) is 14.4. The van der Waals surface area contributed by atoms with Gasteiger partial charge in [-0.3, -0.25) is 14.5 Å². The third-order valence-electron chi connectivity index (χ3n) is 6.02. The summed E-state index contributed by atoms with van der Waals surface area (Å²) in [5.74, 6) is -0.880. The van der Waals surface area contributed by atoms with Crippen LogP contribution in [0.15, 0.2) is 29.6 Å². The van der Waals surface area contributed by atoms with Crippen molar-refractivity contribution in [1.82, 2.24) is 15.2 Å². The molecule has 0 bridgehead atoms. The molecule has 0 unspecified atom stereocenters. The Labute approximate surface area is 179 Å². The number of thiazole rings is 1. The van der Waals surface area contributed by atoms with Gasteiger partial charge in [0, 0.05) is 10.9 Å². The van der Waals surface area contributed by atoms with Crippen LogP contribution >= 0.6 is 11.3 Å². The fraction of sp³-hybridized carbons (Fsp3) is 0.455. The van der Waals surface area contributed by atoms with Crippen LogP contribution in [0.5, 0.6) is 0 Å². The standard InChI is InChI=1S/C22H25N3O4S/c1-14-6-8-16(9-7-14)19-23-17(13-30-19)12-29-18(26)11-25-20(27)22(24-21(25)28)10-4-3-5-15(22)2/h6-9,13,15H,3-5,10-12H2,1-2H3,(H,24,28)/t15-,22+/m0/s1. The van der Waals surface area contributed by atoms with Crippen LogP contribution in [-0.4, -0.2) is 39.9 Å². The van der Waals surface area contributed by atoms with Gasteiger partial charge in [-0.15, -0.1) is 11.3 Å². The number of aryl methyl sites for hydroxylation is 1. The van der Waals surface area contributed by atoms with Crippen LogP contribution in [0.2, 0.25) is 0 Å². The van der Waals surface area contributed by atoms with Crippen molar-refractivity contribution in [3.63, 3.8) is 0 Å². The van der Waals surface area contributed by atoms with Crippen molar-refractivity contribution < 1.29 is 19.1 Å². The summed E-state index contributed by atoms with van der Waals surface area (Å²) in [6, 6.07) is 7.54. The van der Waals surface area contributed by atoms with Crippen molar-refractivity contribution in [1.29, 1.82) is 0 Å². The Morgan fingerprint density at radius 3 is 2.80 bits per heavy atom. The Morgan fingerprint density at radius 1 is 1.30 bits per heavy atom. The molecule has 1 spiro atoms. The molecule has 1 aromatic carbocycles. The van der Waals surface area contributed by atoms with Crippen LogP contribution in [0.3, 0.4) is 0 Å². The average molecular weight is 428 g/mol. The topological polar surface area (TPSA) is 88.6 Å². The van der Waals surface area contributed by atoms with Crippen LogP contribution < -0.4 is 5.32 Å². The minimum Gasteiger partial charge on any atom is -0.458 e. The molecule has 7 nitrogen and oxygen atoms in total. The van der Waals surface area contributed by atoms with E-state index in [1.54, 1.807) is 0 Å². The summed E-state index contributed by atoms with van der Waals surface area (Å²) in [5.41, 5.74) is 1.95. The molecule has 1 saturated carbocycles. The van der Waals surface area contributed by atoms with E-state index in [0.717, 1.165) is 34.7 Å². The van der Waals surface area contributed by atoms with E-state index < -0.39 is 17.5 Å². The van der Waals surface area contributed by atoms with Crippen molar-refractivity contribution >= 4 is 29.2 Å². The zero-order valence-electron chi connectivity index (χ0n) is 17.1. The lowest BCUT2D eigenvalue weighted by Crippen LogP contribution is -2.54. The highest BCUT2D eigenvalue weighted by Crippen LogP contribution is 2.38. The Bertz CT molecular complexity index is 971. The van der Waals surface area contributed by atoms with Crippen LogP contribution in [0, 0.1) is 12.8 Å². The Hall–Kier alpha value is -2.74. The molecule has 30 heavy (non-hydrogen) atoms. The summed E-state index contributed by atoms with van der Waals surface area (Å²) in [5, 5.41) is 5.53. The van der Waals surface area contributed by atoms with Crippen LogP contribution in [0.25, 0.3) is 10.6 Å². The number of hydrogen-bond donors (Lipinski definition) is 1. The van der Waals surface area contributed by atoms with Crippen molar-refractivity contribution in [2.45, 2.75) is 51.7 Å². The zero-order valence-corrected chi connectivity index (χ0v) is 18.0. The van der Waals surface area contributed by atoms with Crippen LogP contribution in [0.1, 0.15) is 43.9 Å². The summed E-state index contributed by atoms with van der Waals surface area (Å²) in [6.07, 6.45) is 3.44. The van der Waals surface area contributed by atoms with Gasteiger partial charge in [0.15, 0.2) is 0 Å². The summed E-state index contributed by atoms with van der Waals surface area (Å²) >= 11 is 1.48. The molecule has 2 heterocycles. The predicted octanol–water partition coefficient (Wildman–Crippen LogP) is 3.66. The van der Waals surface area contributed by atoms with E-state index in [-0.39, 0.29) is 25.0 Å². The Balaban J connectivity index is 1.35. The SMILES string of the molecule is Cc1ccc(-c2nc(COC(=O)CN3C(=O)N[C@@]4(CCCC[C@@H]4C)C3=O)cs2)cc1. The highest BCUT2D eigenvalue weighted by atomic mass is 32.1. The van der Waals surface area contributed by atoms with Gasteiger partial charge in [-0.05, 0) is 25.7 Å². The number of nitrogens with one attached hydrogen (secondary N) is 1. The minimum atomic E-state index is -0.868. The monoisotopic (exact) mass is 427 g/mol. The van der Waals surface area contributed by atoms with Crippen molar-refractivity contribution in [2.75, 3.05) is 6.54 Å². The number of hydrogen-bond acceptors (Lipinski definition) is 6. The second-order valence-corrected chi connectivity index (χ2v) is 8.97. The van der Waals surface area contributed by atoms with E-state index in [1.165, 1.54) is 16.9 Å². The van der Waals surface area contributed by atoms with E-state index in [9.17, 15) is 14.4 Å². The van der Waals surface area contributed by atoms with Gasteiger partial charge >= 0.3 is 12.0 Å². The van der Waals surface area contributed by atoms with Gasteiger partial charge < -0.3 is 10.1 Å². The van der Waals surface area contributed by atoms with Crippen molar-refractivity contribution in [2.24, 2.45) is 5.92 Å². The molecule has 2 aromatic rings. The van der Waals surface area contributed by atoms with Gasteiger partial charge in [-0.25, -0.2) is 9.78 Å². The average Bonchev–Trinajstić information content (AvgIpc) is 3.29. The third kappa shape index (κ3) is 3.84. The molecular weight excluding hydrogens is 402 g/mol. The predicted molar refractivity (Wildman–Crippen MR) is 113 cm³/mol. The van der Waals surface area contributed by atoms with Crippen molar-refractivity contribution in [3.05, 3.63) is 40.9 Å². The van der Waals surface area contributed by atoms with Gasteiger partial charge in [0.2, 0.25) is 0 Å². The van der Waals surface area contributed by atoms with E-state index in [4.69, 9.17) is 4.74 Å². The maximum atomic E-state index is 12.9. The number of rotatable bonds is 5. The van der Waals surface area contributed by atoms with Crippen molar-refractivity contribution in [3.8, 4) is 10.6 Å². The van der Waals surface area contributed by atoms with Gasteiger partial charge in [0.05, 0.1) is 5.69 Å². The number of carbonyl (C=O) groups is 3. The van der Waals surface area contributed by atoms with Crippen LogP contribution in [-0.2, 0) is 20.9 Å². The molecular formula is C22H25N3O4S. The van der Waals surface area contributed by atoms with Gasteiger partial charge in [-0.2, -0.15) is 0 Å². The van der Waals surface area contributed by atoms with E-state index in [0.29, 0.717) is 12.1 Å². The molecule has 158 valence electrons. The second kappa shape index (κ2) is 8.18. The summed E-state index contributed by atoms with van der Waals surface area (Å²) in [7, 11) is 0. The van der Waals surface area contributed by atoms with E-state index in [1.807, 2.05) is 43.5 Å². The maximum absolute atomic E-state index is 12.9. The van der Waals surface area contributed by atoms with Gasteiger partial charge in [0.25, 0.3) is 5.91 Å². The number of aromatic nitrogens is 1. The molecule has 8 heteroatoms. The lowest BCUT2D eigenvalue weighted by atomic mass is 9.73. The number of ether oxygens (including phenoxy) is 1. The number of carbonyl (C=O) groups excluding carboxylic acids is 3. The second-order valence-electron chi connectivity index (χ2n) is 8.11. The van der Waals surface area contributed by atoms with E-state index in [2.05, 4.69) is 10.3 Å². The Kier molecular flexibility index (Phi) is 5.60. The fourth-order valence-electron chi connectivity index (χ4n) is 4.17. The number of nitrogens with zero attached hydrogens (tertiary/aromatic N) is 2. The molecule has 1 aromatic heterocycles. The maximum Gasteiger partial charge on any atom is 0.326 e. The zero-order chi connectivity index (χ0) is 21.3. The molecule has 0 radical (unpaired) electrons. The first-order valence-corrected chi connectivity index (χ1v) is 11.1. The van der Waals surface area contributed by atoms with Gasteiger partial charge in [-0.1, -0.05) is 49.6 Å². The highest BCUT2D eigenvalue weighted by Gasteiger charge is 2.55. The minimum absolute atomic E-state index is 0.00634. The summed E-state index contributed by atoms with van der Waals surface area (Å²) in [4.78, 5) is 43.1.